The maximum Gasteiger partial charge on any atom is 0.252 e. The molecular formula is C14H12Cl2N4O. The number of hydrogen-bond donors (Lipinski definition) is 1. The van der Waals surface area contributed by atoms with Gasteiger partial charge >= 0.3 is 0 Å². The summed E-state index contributed by atoms with van der Waals surface area (Å²) in [5, 5.41) is 13.9. The Morgan fingerprint density at radius 3 is 2.76 bits per heavy atom. The van der Waals surface area contributed by atoms with Gasteiger partial charge < -0.3 is 4.42 Å². The van der Waals surface area contributed by atoms with Gasteiger partial charge in [-0.3, -0.25) is 0 Å². The van der Waals surface area contributed by atoms with Gasteiger partial charge in [-0.2, -0.15) is 10.4 Å². The fraction of sp³-hybridized carbons (Fsp3) is 0.214. The van der Waals surface area contributed by atoms with E-state index < -0.39 is 0 Å². The highest BCUT2D eigenvalue weighted by molar-refractivity contribution is 6.42. The molecule has 0 saturated heterocycles. The number of nitriles is 1. The summed E-state index contributed by atoms with van der Waals surface area (Å²) in [5.74, 6) is 0.794. The number of nitrogens with zero attached hydrogens (tertiary/aromatic N) is 3. The predicted octanol–water partition coefficient (Wildman–Crippen LogP) is 4.42. The van der Waals surface area contributed by atoms with E-state index in [1.807, 2.05) is 19.9 Å². The Morgan fingerprint density at radius 1 is 1.38 bits per heavy atom. The Morgan fingerprint density at radius 2 is 2.14 bits per heavy atom. The maximum atomic E-state index is 9.00. The minimum atomic E-state index is 0.0895. The lowest BCUT2D eigenvalue weighted by Crippen LogP contribution is -1.91. The van der Waals surface area contributed by atoms with Crippen LogP contribution in [0, 0.1) is 11.3 Å². The van der Waals surface area contributed by atoms with Gasteiger partial charge in [0, 0.05) is 5.92 Å². The second-order valence-electron chi connectivity index (χ2n) is 4.54. The first-order valence-electron chi connectivity index (χ1n) is 6.16. The highest BCUT2D eigenvalue weighted by Crippen LogP contribution is 2.23. The first kappa shape index (κ1) is 15.4. The summed E-state index contributed by atoms with van der Waals surface area (Å²) in [7, 11) is 0. The highest BCUT2D eigenvalue weighted by Gasteiger charge is 2.14. The number of hydrogen-bond acceptors (Lipinski definition) is 5. The molecule has 7 heteroatoms. The summed E-state index contributed by atoms with van der Waals surface area (Å²) < 4.78 is 5.44. The lowest BCUT2D eigenvalue weighted by molar-refractivity contribution is 0.481. The van der Waals surface area contributed by atoms with E-state index >= 15 is 0 Å². The van der Waals surface area contributed by atoms with Crippen molar-refractivity contribution in [3.63, 3.8) is 0 Å². The lowest BCUT2D eigenvalue weighted by atomic mass is 10.2. The number of halogens is 2. The molecule has 0 aliphatic rings. The fourth-order valence-corrected chi connectivity index (χ4v) is 1.80. The van der Waals surface area contributed by atoms with Crippen molar-refractivity contribution in [3.05, 3.63) is 45.4 Å². The van der Waals surface area contributed by atoms with Crippen molar-refractivity contribution in [2.45, 2.75) is 19.8 Å². The van der Waals surface area contributed by atoms with Crippen LogP contribution in [0.15, 0.2) is 27.7 Å². The standard InChI is InChI=1S/C14H12Cl2N4O/c1-8(2)13-19-12(6-17)14(21-13)20-18-7-9-3-4-10(15)11(16)5-9/h3-5,7-8,20H,1-2H3. The Hall–Kier alpha value is -2.03. The molecular weight excluding hydrogens is 311 g/mol. The minimum Gasteiger partial charge on any atom is -0.422 e. The van der Waals surface area contributed by atoms with E-state index in [9.17, 15) is 0 Å². The van der Waals surface area contributed by atoms with Gasteiger partial charge in [-0.15, -0.1) is 0 Å². The van der Waals surface area contributed by atoms with Crippen molar-refractivity contribution >= 4 is 35.3 Å². The molecule has 5 nitrogen and oxygen atoms in total. The van der Waals surface area contributed by atoms with Crippen LogP contribution in [0.5, 0.6) is 0 Å². The molecule has 0 amide bonds. The number of rotatable bonds is 4. The SMILES string of the molecule is CC(C)c1nc(C#N)c(NN=Cc2ccc(Cl)c(Cl)c2)o1. The summed E-state index contributed by atoms with van der Waals surface area (Å²) in [5.41, 5.74) is 3.60. The van der Waals surface area contributed by atoms with Crippen LogP contribution in [0.1, 0.15) is 36.9 Å². The molecule has 1 aromatic heterocycles. The van der Waals surface area contributed by atoms with E-state index in [1.165, 1.54) is 0 Å². The molecule has 0 spiro atoms. The summed E-state index contributed by atoms with van der Waals surface area (Å²) in [6.07, 6.45) is 1.54. The van der Waals surface area contributed by atoms with Gasteiger partial charge in [0.1, 0.15) is 6.07 Å². The third kappa shape index (κ3) is 3.75. The Labute approximate surface area is 132 Å². The van der Waals surface area contributed by atoms with E-state index in [0.29, 0.717) is 15.9 Å². The van der Waals surface area contributed by atoms with Crippen LogP contribution >= 0.6 is 23.2 Å². The van der Waals surface area contributed by atoms with Gasteiger partial charge in [0.25, 0.3) is 5.88 Å². The lowest BCUT2D eigenvalue weighted by Gasteiger charge is -1.98. The second kappa shape index (κ2) is 6.61. The number of oxazole rings is 1. The highest BCUT2D eigenvalue weighted by atomic mass is 35.5. The van der Waals surface area contributed by atoms with Crippen molar-refractivity contribution in [2.24, 2.45) is 5.10 Å². The van der Waals surface area contributed by atoms with Gasteiger partial charge in [-0.25, -0.2) is 10.4 Å². The van der Waals surface area contributed by atoms with Gasteiger partial charge in [-0.1, -0.05) is 43.1 Å². The second-order valence-corrected chi connectivity index (χ2v) is 5.35. The largest absolute Gasteiger partial charge is 0.422 e. The van der Waals surface area contributed by atoms with Crippen LogP contribution < -0.4 is 5.43 Å². The summed E-state index contributed by atoms with van der Waals surface area (Å²) in [6, 6.07) is 7.08. The van der Waals surface area contributed by atoms with Crippen LogP contribution in [0.3, 0.4) is 0 Å². The zero-order valence-corrected chi connectivity index (χ0v) is 12.9. The van der Waals surface area contributed by atoms with Crippen molar-refractivity contribution in [1.29, 1.82) is 5.26 Å². The van der Waals surface area contributed by atoms with Gasteiger partial charge in [0.15, 0.2) is 0 Å². The fourth-order valence-electron chi connectivity index (χ4n) is 1.49. The Balaban J connectivity index is 2.14. The van der Waals surface area contributed by atoms with Crippen molar-refractivity contribution in [2.75, 3.05) is 5.43 Å². The Bertz CT molecular complexity index is 716. The van der Waals surface area contributed by atoms with Crippen molar-refractivity contribution in [3.8, 4) is 6.07 Å². The number of aromatic nitrogens is 1. The van der Waals surface area contributed by atoms with Gasteiger partial charge in [0.05, 0.1) is 16.3 Å². The first-order valence-corrected chi connectivity index (χ1v) is 6.91. The normalized spacial score (nSPS) is 11.0. The van der Waals surface area contributed by atoms with Crippen molar-refractivity contribution < 1.29 is 4.42 Å². The third-order valence-electron chi connectivity index (χ3n) is 2.57. The van der Waals surface area contributed by atoms with E-state index in [2.05, 4.69) is 15.5 Å². The molecule has 0 unspecified atom stereocenters. The number of nitrogens with one attached hydrogen (secondary N) is 1. The molecule has 0 atom stereocenters. The number of anilines is 1. The van der Waals surface area contributed by atoms with Gasteiger partial charge in [-0.05, 0) is 17.7 Å². The summed E-state index contributed by atoms with van der Waals surface area (Å²) >= 11 is 11.7. The quantitative estimate of drug-likeness (QED) is 0.667. The smallest absolute Gasteiger partial charge is 0.252 e. The van der Waals surface area contributed by atoms with Crippen LogP contribution in [0.2, 0.25) is 10.0 Å². The molecule has 0 radical (unpaired) electrons. The molecule has 0 fully saturated rings. The third-order valence-corrected chi connectivity index (χ3v) is 3.31. The summed E-state index contributed by atoms with van der Waals surface area (Å²) in [4.78, 5) is 4.08. The molecule has 2 rings (SSSR count). The van der Waals surface area contributed by atoms with E-state index in [1.54, 1.807) is 24.4 Å². The van der Waals surface area contributed by atoms with E-state index in [-0.39, 0.29) is 17.5 Å². The average molecular weight is 323 g/mol. The molecule has 21 heavy (non-hydrogen) atoms. The topological polar surface area (TPSA) is 74.2 Å². The molecule has 0 saturated carbocycles. The average Bonchev–Trinajstić information content (AvgIpc) is 2.86. The van der Waals surface area contributed by atoms with Crippen LogP contribution in [-0.4, -0.2) is 11.2 Å². The Kier molecular flexibility index (Phi) is 4.84. The van der Waals surface area contributed by atoms with Gasteiger partial charge in [0.2, 0.25) is 11.6 Å². The number of benzene rings is 1. The molecule has 2 aromatic rings. The van der Waals surface area contributed by atoms with E-state index in [4.69, 9.17) is 32.9 Å². The number of hydrazone groups is 1. The molecule has 1 heterocycles. The molecule has 0 bridgehead atoms. The molecule has 0 aliphatic carbocycles. The van der Waals surface area contributed by atoms with Crippen molar-refractivity contribution in [1.82, 2.24) is 4.98 Å². The van der Waals surface area contributed by atoms with E-state index in [0.717, 1.165) is 5.56 Å². The first-order chi connectivity index (χ1) is 10.0. The predicted molar refractivity (Wildman–Crippen MR) is 83.0 cm³/mol. The minimum absolute atomic E-state index is 0.0895. The molecule has 1 N–H and O–H groups in total. The zero-order chi connectivity index (χ0) is 15.4. The zero-order valence-electron chi connectivity index (χ0n) is 11.4. The molecule has 0 aliphatic heterocycles. The summed E-state index contributed by atoms with van der Waals surface area (Å²) in [6.45, 7) is 3.85. The molecule has 108 valence electrons. The van der Waals surface area contributed by atoms with Crippen LogP contribution in [-0.2, 0) is 0 Å². The van der Waals surface area contributed by atoms with Crippen LogP contribution in [0.25, 0.3) is 0 Å². The maximum absolute atomic E-state index is 9.00. The monoisotopic (exact) mass is 322 g/mol. The molecule has 1 aromatic carbocycles. The van der Waals surface area contributed by atoms with Crippen LogP contribution in [0.4, 0.5) is 5.88 Å².